The number of hydrogen-bond donors (Lipinski definition) is 10. The van der Waals surface area contributed by atoms with Crippen molar-refractivity contribution in [1.82, 2.24) is 14.9 Å². The monoisotopic (exact) mass is 1340 g/mol. The Morgan fingerprint density at radius 1 is 0.761 bits per heavy atom. The zero-order valence-electron chi connectivity index (χ0n) is 54.5. The average molecular weight is 1340 g/mol. The first-order chi connectivity index (χ1) is 42.7. The summed E-state index contributed by atoms with van der Waals surface area (Å²) >= 11 is -4.81. The summed E-state index contributed by atoms with van der Waals surface area (Å²) in [5.41, 5.74) is 42.2. The number of carbonyl (C=O) groups excluding carboxylic acids is 7. The van der Waals surface area contributed by atoms with Crippen molar-refractivity contribution < 1.29 is 93.9 Å². The number of nitrogens with one attached hydrogen (secondary N) is 1. The summed E-state index contributed by atoms with van der Waals surface area (Å²) in [6.07, 6.45) is -3.22. The van der Waals surface area contributed by atoms with Crippen molar-refractivity contribution in [2.75, 3.05) is 13.2 Å². The van der Waals surface area contributed by atoms with E-state index in [1.807, 2.05) is 60.6 Å². The molecular formula is C63H91CoN13O14P+4. The molecule has 502 valence electrons. The number of nitrogens with two attached hydrogens (primary N) is 6. The van der Waals surface area contributed by atoms with E-state index in [9.17, 15) is 53.2 Å². The van der Waals surface area contributed by atoms with E-state index in [1.54, 1.807) is 4.57 Å². The summed E-state index contributed by atoms with van der Waals surface area (Å²) in [4.78, 5) is 112. The summed E-state index contributed by atoms with van der Waals surface area (Å²) in [6.45, 7) is 20.7. The van der Waals surface area contributed by atoms with Crippen LogP contribution in [0.5, 0.6) is 0 Å². The van der Waals surface area contributed by atoms with Gasteiger partial charge in [0.25, 0.3) is 0 Å². The molecule has 0 saturated carbocycles. The molecule has 92 heavy (non-hydrogen) atoms. The van der Waals surface area contributed by atoms with Crippen LogP contribution in [0.4, 0.5) is 0 Å². The average Bonchev–Trinajstić information content (AvgIpc) is 1.40. The summed E-state index contributed by atoms with van der Waals surface area (Å²) < 4.78 is 42.4. The number of aryl methyl sites for hydroxylation is 2. The quantitative estimate of drug-likeness (QED) is 0.0603. The number of nitrogens with zero attached hydrogens (tertiary/aromatic N) is 6. The third kappa shape index (κ3) is 9.10. The second-order valence-corrected chi connectivity index (χ2v) is 34.7. The van der Waals surface area contributed by atoms with Gasteiger partial charge in [0.15, 0.2) is 6.23 Å². The van der Waals surface area contributed by atoms with Gasteiger partial charge in [0.05, 0.1) is 24.0 Å². The molecule has 9 aliphatic rings. The van der Waals surface area contributed by atoms with Gasteiger partial charge in [-0.1, -0.05) is 0 Å². The number of allylic oxidation sites excluding steroid dienone is 6. The maximum absolute atomic E-state index is 14.7. The third-order valence-electron chi connectivity index (χ3n) is 22.3. The van der Waals surface area contributed by atoms with Gasteiger partial charge < -0.3 is 19.5 Å². The van der Waals surface area contributed by atoms with E-state index < -0.39 is 150 Å². The second-order valence-electron chi connectivity index (χ2n) is 28.4. The number of hydrogen-bond acceptors (Lipinski definition) is 14. The Kier molecular flexibility index (Phi) is 16.0. The fourth-order valence-corrected chi connectivity index (χ4v) is 28.5. The van der Waals surface area contributed by atoms with E-state index in [2.05, 4.69) is 57.5 Å². The van der Waals surface area contributed by atoms with Crippen molar-refractivity contribution in [3.05, 3.63) is 63.9 Å². The van der Waals surface area contributed by atoms with Gasteiger partial charge in [-0.2, -0.15) is 0 Å². The number of rotatable bonds is 26. The number of benzene rings is 1. The van der Waals surface area contributed by atoms with Crippen molar-refractivity contribution in [1.29, 1.82) is 0 Å². The zero-order chi connectivity index (χ0) is 67.6. The molecule has 2 aromatic rings. The number of carbonyl (C=O) groups is 7. The molecule has 1 aromatic carbocycles. The Balaban J connectivity index is 1.03. The van der Waals surface area contributed by atoms with Crippen molar-refractivity contribution in [3.63, 3.8) is 0 Å². The molecule has 27 nitrogen and oxygen atoms in total. The topological polar surface area (TPSA) is 423 Å². The van der Waals surface area contributed by atoms with Crippen LogP contribution >= 0.6 is 7.82 Å². The number of ether oxygens (including phenoxy) is 1. The first kappa shape index (κ1) is 66.8. The van der Waals surface area contributed by atoms with Crippen LogP contribution in [0.3, 0.4) is 0 Å². The fraction of sp³-hybridized carbons (Fsp3) is 0.619. The van der Waals surface area contributed by atoms with Crippen LogP contribution in [0, 0.1) is 59.2 Å². The van der Waals surface area contributed by atoms with Crippen LogP contribution in [0.1, 0.15) is 150 Å². The molecule has 0 aliphatic carbocycles. The minimum atomic E-state index is -5.07. The normalized spacial score (nSPS) is 33.6. The number of imidazole rings is 1. The van der Waals surface area contributed by atoms with Crippen LogP contribution in [-0.4, -0.2) is 146 Å². The predicted octanol–water partition coefficient (Wildman–Crippen LogP) is 2.13. The number of phosphoric acid groups is 1. The molecule has 1 spiro atoms. The van der Waals surface area contributed by atoms with E-state index in [4.69, 9.17) is 48.2 Å². The molecule has 1 aromatic heterocycles. The van der Waals surface area contributed by atoms with Crippen molar-refractivity contribution in [2.24, 2.45) is 79.7 Å². The van der Waals surface area contributed by atoms with Gasteiger partial charge in [-0.25, -0.2) is 4.98 Å². The number of primary amides is 6. The van der Waals surface area contributed by atoms with Gasteiger partial charge in [-0.3, -0.25) is 0 Å². The molecular weight excluding hydrogens is 1250 g/mol. The molecule has 14 atom stereocenters. The van der Waals surface area contributed by atoms with E-state index in [1.165, 1.54) is 13.3 Å². The van der Waals surface area contributed by atoms with E-state index >= 15 is 0 Å². The van der Waals surface area contributed by atoms with Gasteiger partial charge >= 0.3 is 427 Å². The third-order valence-corrected chi connectivity index (χ3v) is 30.0. The van der Waals surface area contributed by atoms with Crippen molar-refractivity contribution in [2.45, 2.75) is 189 Å². The Hall–Kier alpha value is -6.62. The molecule has 7 amide bonds. The molecule has 1 fully saturated rings. The number of aliphatic hydroxyl groups excluding tert-OH is 2. The Morgan fingerprint density at radius 3 is 1.92 bits per heavy atom. The standard InChI is InChI=1S/C62H88N13O14P.CH3.Co/c1-29-20-39-40(21-30(29)2)75(28-70-39)57-52(84)53(41(27-76)87-57)89-90(85,86)88-31(3)26-69-49(83)18-19-59(8)37(22-46(66)80)56-62(11)61(10,25-48(68)82)36(14-17-45(65)79)51(74-62)33(5)55-60(9,24-47(67)81)34(12-15-43(63)77)38(71-55)23-42-58(6,7)35(13-16-44(64)78)50(72-42)32(4)54(59)73-56;;/h20-21,23,28,31,34-37,41,52-53,57,76,84H,12-19,22,24-27H2,1-11H3,(H2,63,77)(H2,64,78)(H2,65,79)(H2,66,80)(H2,67,81)(H2,68,82)(H,69,83)(H,85,86);1H3;/q;;+4/t31-,34+,35-,36-,37+,41+,52-,53+,57-,59-,60-,61-,62+;;/m1../s1. The van der Waals surface area contributed by atoms with Gasteiger partial charge in [-0.05, 0) is 37.1 Å². The number of fused-ring (bicyclic) bond motifs is 2. The number of phosphoric ester groups is 1. The second kappa shape index (κ2) is 22.0. The SMILES string of the molecule is CC1=C2[N+]3=C(C=C4[N+]5=C(C(C)=C6[N+]7=C([C@H](CC(N)=O)[C@@]6(C)CCC(=O)NC[C@@H](C)O[P@@](=O)(O)O[C@@H]6[C@@H](O)[C@H](n8cnc9cc(C)c(C)cc98)O[C@H]6CO)[C@]6(C)[N+](=C1[C@@H](CCC(N)=O)[C@@]6(C)CC(N)=O)[Co]537[CH3])[C@@H](CCC(N)=O)C4(C)C)[C@H](CCC(N)=O)[C@@]2(C)CC(N)=O. The number of aromatic nitrogens is 2. The van der Waals surface area contributed by atoms with Crippen molar-refractivity contribution >= 4 is 83.1 Å². The van der Waals surface area contributed by atoms with Gasteiger partial charge in [0.2, 0.25) is 0 Å². The minimum absolute atomic E-state index is 0.0148. The summed E-state index contributed by atoms with van der Waals surface area (Å²) in [7, 11) is -5.07. The van der Waals surface area contributed by atoms with E-state index in [-0.39, 0.29) is 70.8 Å². The van der Waals surface area contributed by atoms with Gasteiger partial charge in [-0.15, -0.1) is 0 Å². The molecule has 0 unspecified atom stereocenters. The van der Waals surface area contributed by atoms with Crippen molar-refractivity contribution in [3.8, 4) is 0 Å². The van der Waals surface area contributed by atoms with Crippen LogP contribution < -0.4 is 39.7 Å². The first-order valence-corrected chi connectivity index (χ1v) is 35.7. The maximum atomic E-state index is 14.7. The Morgan fingerprint density at radius 2 is 1.34 bits per heavy atom. The number of amides is 7. The Bertz CT molecular complexity index is 4020. The zero-order valence-corrected chi connectivity index (χ0v) is 56.4. The van der Waals surface area contributed by atoms with Crippen LogP contribution in [0.15, 0.2) is 52.8 Å². The molecule has 16 N–H and O–H groups in total. The summed E-state index contributed by atoms with van der Waals surface area (Å²) in [5, 5.41) is 24.8. The predicted molar refractivity (Wildman–Crippen MR) is 331 cm³/mol. The van der Waals surface area contributed by atoms with E-state index in [0.717, 1.165) is 62.2 Å². The van der Waals surface area contributed by atoms with Crippen LogP contribution in [0.25, 0.3) is 11.0 Å². The molecule has 11 rings (SSSR count). The molecule has 0 bridgehead atoms. The molecule has 10 heterocycles. The molecule has 9 aliphatic heterocycles. The van der Waals surface area contributed by atoms with E-state index in [0.29, 0.717) is 17.5 Å². The van der Waals surface area contributed by atoms with Crippen LogP contribution in [-0.2, 0) is 64.3 Å². The molecule has 1 saturated heterocycles. The molecule has 29 heteroatoms. The summed E-state index contributed by atoms with van der Waals surface area (Å²) in [6, 6.07) is 3.76. The first-order valence-electron chi connectivity index (χ1n) is 31.3. The molecule has 0 radical (unpaired) electrons. The van der Waals surface area contributed by atoms with Gasteiger partial charge in [0, 0.05) is 0 Å². The van der Waals surface area contributed by atoms with Crippen LogP contribution in [0.2, 0.25) is 5.86 Å². The number of aliphatic hydroxyl groups is 2. The summed E-state index contributed by atoms with van der Waals surface area (Å²) in [5.74, 6) is -4.21. The fourth-order valence-electron chi connectivity index (χ4n) is 18.0. The Labute approximate surface area is 535 Å². The van der Waals surface area contributed by atoms with Gasteiger partial charge in [0.1, 0.15) is 18.3 Å².